The summed E-state index contributed by atoms with van der Waals surface area (Å²) in [5, 5.41) is 4.49. The molecule has 4 nitrogen and oxygen atoms in total. The second kappa shape index (κ2) is 11.2. The predicted molar refractivity (Wildman–Crippen MR) is 90.2 cm³/mol. The number of nitrogens with one attached hydrogen (secondary N) is 1. The number of amides is 1. The number of thiophene rings is 1. The summed E-state index contributed by atoms with van der Waals surface area (Å²) in [6.45, 7) is 4.29. The molecule has 0 aliphatic heterocycles. The molecule has 1 amide bonds. The number of unbranched alkanes of at least 4 members (excludes halogenated alkanes) is 6. The quantitative estimate of drug-likeness (QED) is 0.491. The molecule has 1 heterocycles. The van der Waals surface area contributed by atoms with Crippen LogP contribution >= 0.6 is 11.3 Å². The Bertz CT molecular complexity index is 431. The van der Waals surface area contributed by atoms with Crippen molar-refractivity contribution in [2.24, 2.45) is 0 Å². The van der Waals surface area contributed by atoms with Crippen molar-refractivity contribution in [1.82, 2.24) is 5.32 Å². The van der Waals surface area contributed by atoms with E-state index in [0.29, 0.717) is 11.5 Å². The number of ether oxygens (including phenoxy) is 1. The Morgan fingerprint density at radius 1 is 1.18 bits per heavy atom. The van der Waals surface area contributed by atoms with Crippen molar-refractivity contribution in [2.75, 3.05) is 6.61 Å². The molecule has 0 aliphatic rings. The number of hydrogen-bond acceptors (Lipinski definition) is 4. The lowest BCUT2D eigenvalue weighted by atomic mass is 10.1. The fourth-order valence-electron chi connectivity index (χ4n) is 2.09. The van der Waals surface area contributed by atoms with Crippen LogP contribution in [0.2, 0.25) is 0 Å². The van der Waals surface area contributed by atoms with Crippen LogP contribution in [0.15, 0.2) is 17.5 Å². The first kappa shape index (κ1) is 18.7. The van der Waals surface area contributed by atoms with Gasteiger partial charge in [-0.2, -0.15) is 0 Å². The molecule has 0 saturated heterocycles. The molecule has 1 aromatic heterocycles. The van der Waals surface area contributed by atoms with Crippen molar-refractivity contribution in [3.05, 3.63) is 22.4 Å². The molecule has 0 unspecified atom stereocenters. The van der Waals surface area contributed by atoms with Gasteiger partial charge in [0.2, 0.25) is 0 Å². The Hall–Kier alpha value is -1.36. The Balaban J connectivity index is 2.08. The zero-order valence-corrected chi connectivity index (χ0v) is 14.4. The van der Waals surface area contributed by atoms with Gasteiger partial charge in [-0.05, 0) is 24.8 Å². The van der Waals surface area contributed by atoms with E-state index in [0.717, 1.165) is 12.8 Å². The molecule has 5 heteroatoms. The number of carbonyl (C=O) groups is 2. The van der Waals surface area contributed by atoms with Gasteiger partial charge in [-0.1, -0.05) is 51.5 Å². The molecule has 0 bridgehead atoms. The van der Waals surface area contributed by atoms with E-state index >= 15 is 0 Å². The van der Waals surface area contributed by atoms with Crippen molar-refractivity contribution in [3.8, 4) is 0 Å². The van der Waals surface area contributed by atoms with Gasteiger partial charge >= 0.3 is 5.97 Å². The molecule has 0 saturated carbocycles. The maximum absolute atomic E-state index is 11.8. The first-order valence-electron chi connectivity index (χ1n) is 8.16. The van der Waals surface area contributed by atoms with E-state index in [4.69, 9.17) is 4.74 Å². The van der Waals surface area contributed by atoms with E-state index in [1.54, 1.807) is 13.0 Å². The zero-order valence-electron chi connectivity index (χ0n) is 13.6. The molecule has 0 radical (unpaired) electrons. The van der Waals surface area contributed by atoms with Gasteiger partial charge in [0.25, 0.3) is 5.91 Å². The highest BCUT2D eigenvalue weighted by Gasteiger charge is 2.18. The molecule has 1 rings (SSSR count). The Kier molecular flexibility index (Phi) is 9.55. The fourth-order valence-corrected chi connectivity index (χ4v) is 2.72. The third-order valence-corrected chi connectivity index (χ3v) is 4.31. The molecule has 0 aromatic carbocycles. The minimum absolute atomic E-state index is 0.227. The van der Waals surface area contributed by atoms with Crippen LogP contribution in [-0.2, 0) is 9.53 Å². The lowest BCUT2D eigenvalue weighted by molar-refractivity contribution is -0.145. The van der Waals surface area contributed by atoms with Crippen molar-refractivity contribution in [3.63, 3.8) is 0 Å². The maximum Gasteiger partial charge on any atom is 0.328 e. The van der Waals surface area contributed by atoms with E-state index in [9.17, 15) is 9.59 Å². The van der Waals surface area contributed by atoms with Crippen molar-refractivity contribution >= 4 is 23.2 Å². The first-order chi connectivity index (χ1) is 10.6. The van der Waals surface area contributed by atoms with Crippen LogP contribution in [0, 0.1) is 0 Å². The molecule has 0 fully saturated rings. The van der Waals surface area contributed by atoms with Gasteiger partial charge in [-0.25, -0.2) is 4.79 Å². The summed E-state index contributed by atoms with van der Waals surface area (Å²) in [4.78, 5) is 24.2. The highest BCUT2D eigenvalue weighted by atomic mass is 32.1. The summed E-state index contributed by atoms with van der Waals surface area (Å²) in [7, 11) is 0. The van der Waals surface area contributed by atoms with Crippen molar-refractivity contribution in [1.29, 1.82) is 0 Å². The molecule has 0 aliphatic carbocycles. The summed E-state index contributed by atoms with van der Waals surface area (Å²) in [5.74, 6) is -0.591. The third kappa shape index (κ3) is 7.59. The first-order valence-corrected chi connectivity index (χ1v) is 9.04. The summed E-state index contributed by atoms with van der Waals surface area (Å²) in [5.41, 5.74) is 0. The second-order valence-electron chi connectivity index (χ2n) is 5.46. The van der Waals surface area contributed by atoms with E-state index in [1.807, 2.05) is 11.4 Å². The monoisotopic (exact) mass is 325 g/mol. The van der Waals surface area contributed by atoms with E-state index in [1.165, 1.54) is 43.4 Å². The second-order valence-corrected chi connectivity index (χ2v) is 6.41. The summed E-state index contributed by atoms with van der Waals surface area (Å²) < 4.78 is 5.20. The standard InChI is InChI=1S/C17H27NO3S/c1-3-4-5-6-7-8-9-12-21-17(20)14(2)18-16(19)15-11-10-13-22-15/h10-11,13-14H,3-9,12H2,1-2H3,(H,18,19)/t14-/m0/s1. The highest BCUT2D eigenvalue weighted by molar-refractivity contribution is 7.12. The minimum Gasteiger partial charge on any atom is -0.464 e. The molecular formula is C17H27NO3S. The Labute approximate surface area is 137 Å². The van der Waals surface area contributed by atoms with Crippen LogP contribution < -0.4 is 5.32 Å². The number of hydrogen-bond donors (Lipinski definition) is 1. The molecule has 22 heavy (non-hydrogen) atoms. The van der Waals surface area contributed by atoms with Crippen molar-refractivity contribution < 1.29 is 14.3 Å². The van der Waals surface area contributed by atoms with Gasteiger partial charge < -0.3 is 10.1 Å². The SMILES string of the molecule is CCCCCCCCCOC(=O)[C@H](C)NC(=O)c1cccs1. The molecular weight excluding hydrogens is 298 g/mol. The van der Waals surface area contributed by atoms with Crippen LogP contribution in [0.4, 0.5) is 0 Å². The van der Waals surface area contributed by atoms with Crippen LogP contribution in [0.1, 0.15) is 68.5 Å². The maximum atomic E-state index is 11.8. The van der Waals surface area contributed by atoms with Crippen LogP contribution in [0.25, 0.3) is 0 Å². The van der Waals surface area contributed by atoms with Crippen LogP contribution in [0.5, 0.6) is 0 Å². The molecule has 124 valence electrons. The summed E-state index contributed by atoms with van der Waals surface area (Å²) in [6, 6.07) is 2.93. The lowest BCUT2D eigenvalue weighted by Gasteiger charge is -2.12. The third-order valence-electron chi connectivity index (χ3n) is 3.44. The molecule has 1 aromatic rings. The van der Waals surface area contributed by atoms with E-state index in [-0.39, 0.29) is 11.9 Å². The average molecular weight is 325 g/mol. The van der Waals surface area contributed by atoms with Gasteiger partial charge in [0.15, 0.2) is 0 Å². The molecule has 1 atom stereocenters. The fraction of sp³-hybridized carbons (Fsp3) is 0.647. The Morgan fingerprint density at radius 3 is 2.50 bits per heavy atom. The van der Waals surface area contributed by atoms with Gasteiger partial charge in [-0.15, -0.1) is 11.3 Å². The highest BCUT2D eigenvalue weighted by Crippen LogP contribution is 2.09. The normalized spacial score (nSPS) is 11.9. The summed E-state index contributed by atoms with van der Waals surface area (Å²) >= 11 is 1.35. The number of rotatable bonds is 11. The van der Waals surface area contributed by atoms with Gasteiger partial charge in [0.05, 0.1) is 11.5 Å². The molecule has 0 spiro atoms. The van der Waals surface area contributed by atoms with Crippen LogP contribution in [-0.4, -0.2) is 24.5 Å². The lowest BCUT2D eigenvalue weighted by Crippen LogP contribution is -2.39. The van der Waals surface area contributed by atoms with Gasteiger partial charge in [0.1, 0.15) is 6.04 Å². The van der Waals surface area contributed by atoms with E-state index in [2.05, 4.69) is 12.2 Å². The van der Waals surface area contributed by atoms with Crippen LogP contribution in [0.3, 0.4) is 0 Å². The predicted octanol–water partition coefficient (Wildman–Crippen LogP) is 4.16. The smallest absolute Gasteiger partial charge is 0.328 e. The molecule has 1 N–H and O–H groups in total. The van der Waals surface area contributed by atoms with Crippen molar-refractivity contribution in [2.45, 2.75) is 64.8 Å². The van der Waals surface area contributed by atoms with E-state index < -0.39 is 6.04 Å². The minimum atomic E-state index is -0.612. The largest absolute Gasteiger partial charge is 0.464 e. The zero-order chi connectivity index (χ0) is 16.2. The average Bonchev–Trinajstić information content (AvgIpc) is 3.04. The van der Waals surface area contributed by atoms with Gasteiger partial charge in [-0.3, -0.25) is 4.79 Å². The number of esters is 1. The van der Waals surface area contributed by atoms with Gasteiger partial charge in [0, 0.05) is 0 Å². The summed E-state index contributed by atoms with van der Waals surface area (Å²) in [6.07, 6.45) is 8.29. The topological polar surface area (TPSA) is 55.4 Å². The Morgan fingerprint density at radius 2 is 1.86 bits per heavy atom. The number of carbonyl (C=O) groups excluding carboxylic acids is 2.